The van der Waals surface area contributed by atoms with Crippen LogP contribution < -0.4 is 16.0 Å². The minimum atomic E-state index is -0.797. The molecule has 0 radical (unpaired) electrons. The zero-order chi connectivity index (χ0) is 23.4. The van der Waals surface area contributed by atoms with E-state index in [1.165, 1.54) is 12.8 Å². The smallest absolute Gasteiger partial charge is 0.255 e. The van der Waals surface area contributed by atoms with E-state index in [0.717, 1.165) is 46.7 Å². The number of alkyl halides is 1. The largest absolute Gasteiger partial charge is 0.357 e. The van der Waals surface area contributed by atoms with Gasteiger partial charge in [0, 0.05) is 38.6 Å². The number of anilines is 1. The monoisotopic (exact) mass is 450 g/mol. The van der Waals surface area contributed by atoms with Crippen molar-refractivity contribution < 1.29 is 9.18 Å². The standard InChI is InChI=1S/C25H31FN6O/c1-17-9-20(13-27)10-18(2)21(17)14-29-25(33)22-16-32(30-23(22)12-26)15-19-5-6-28-24(11-19)31-7-3-4-8-31/h5-6,9-11,16H,3-4,7-8,12-15,27H2,1-2H3,(H,29,33). The Morgan fingerprint density at radius 3 is 2.55 bits per heavy atom. The highest BCUT2D eigenvalue weighted by molar-refractivity contribution is 5.95. The number of nitrogens with one attached hydrogen (secondary N) is 1. The molecule has 2 aromatic heterocycles. The molecule has 3 aromatic rings. The molecule has 0 aliphatic carbocycles. The van der Waals surface area contributed by atoms with Crippen LogP contribution in [0, 0.1) is 13.8 Å². The predicted molar refractivity (Wildman–Crippen MR) is 127 cm³/mol. The predicted octanol–water partition coefficient (Wildman–Crippen LogP) is 3.40. The van der Waals surface area contributed by atoms with Crippen LogP contribution in [0.5, 0.6) is 0 Å². The summed E-state index contributed by atoms with van der Waals surface area (Å²) in [5, 5.41) is 7.24. The van der Waals surface area contributed by atoms with Crippen molar-refractivity contribution in [1.29, 1.82) is 0 Å². The van der Waals surface area contributed by atoms with Crippen molar-refractivity contribution in [2.75, 3.05) is 18.0 Å². The van der Waals surface area contributed by atoms with E-state index in [-0.39, 0.29) is 17.2 Å². The first-order chi connectivity index (χ1) is 16.0. The lowest BCUT2D eigenvalue weighted by Gasteiger charge is -2.16. The number of pyridine rings is 1. The minimum absolute atomic E-state index is 0.147. The summed E-state index contributed by atoms with van der Waals surface area (Å²) in [6.45, 7) is 6.53. The molecule has 1 saturated heterocycles. The molecule has 3 heterocycles. The Morgan fingerprint density at radius 1 is 1.15 bits per heavy atom. The van der Waals surface area contributed by atoms with Gasteiger partial charge in [0.2, 0.25) is 0 Å². The number of hydrogen-bond acceptors (Lipinski definition) is 5. The third-order valence-electron chi connectivity index (χ3n) is 6.21. The minimum Gasteiger partial charge on any atom is -0.357 e. The van der Waals surface area contributed by atoms with Crippen molar-refractivity contribution in [2.45, 2.75) is 53.0 Å². The van der Waals surface area contributed by atoms with Crippen LogP contribution in [0.15, 0.2) is 36.7 Å². The van der Waals surface area contributed by atoms with Gasteiger partial charge in [-0.15, -0.1) is 0 Å². The van der Waals surface area contributed by atoms with Crippen molar-refractivity contribution >= 4 is 11.7 Å². The lowest BCUT2D eigenvalue weighted by Crippen LogP contribution is -2.24. The number of carbonyl (C=O) groups is 1. The Labute approximate surface area is 193 Å². The maximum atomic E-state index is 13.7. The van der Waals surface area contributed by atoms with Crippen LogP contribution in [-0.4, -0.2) is 33.8 Å². The van der Waals surface area contributed by atoms with Crippen LogP contribution in [0.4, 0.5) is 10.2 Å². The fourth-order valence-corrected chi connectivity index (χ4v) is 4.44. The number of nitrogens with two attached hydrogens (primary N) is 1. The summed E-state index contributed by atoms with van der Waals surface area (Å²) < 4.78 is 15.3. The number of benzene rings is 1. The van der Waals surface area contributed by atoms with E-state index in [0.29, 0.717) is 19.6 Å². The molecule has 174 valence electrons. The molecule has 1 amide bonds. The number of nitrogens with zero attached hydrogens (tertiary/aromatic N) is 4. The van der Waals surface area contributed by atoms with Gasteiger partial charge in [-0.2, -0.15) is 5.10 Å². The zero-order valence-electron chi connectivity index (χ0n) is 19.3. The highest BCUT2D eigenvalue weighted by Crippen LogP contribution is 2.20. The summed E-state index contributed by atoms with van der Waals surface area (Å²) in [6, 6.07) is 8.03. The van der Waals surface area contributed by atoms with Crippen molar-refractivity contribution in [3.05, 3.63) is 75.7 Å². The number of halogens is 1. The third kappa shape index (κ3) is 5.22. The van der Waals surface area contributed by atoms with Crippen molar-refractivity contribution in [2.24, 2.45) is 5.73 Å². The van der Waals surface area contributed by atoms with Gasteiger partial charge in [0.15, 0.2) is 0 Å². The van der Waals surface area contributed by atoms with Gasteiger partial charge in [-0.3, -0.25) is 9.48 Å². The van der Waals surface area contributed by atoms with Gasteiger partial charge in [-0.05, 0) is 66.6 Å². The molecule has 7 nitrogen and oxygen atoms in total. The first-order valence-corrected chi connectivity index (χ1v) is 11.4. The average Bonchev–Trinajstić information content (AvgIpc) is 3.48. The topological polar surface area (TPSA) is 89.1 Å². The van der Waals surface area contributed by atoms with E-state index >= 15 is 0 Å². The molecule has 0 atom stereocenters. The van der Waals surface area contributed by atoms with Crippen LogP contribution >= 0.6 is 0 Å². The molecule has 1 aliphatic heterocycles. The molecule has 1 aliphatic rings. The zero-order valence-corrected chi connectivity index (χ0v) is 19.3. The summed E-state index contributed by atoms with van der Waals surface area (Å²) in [5.74, 6) is 0.621. The summed E-state index contributed by atoms with van der Waals surface area (Å²) in [5.41, 5.74) is 11.4. The lowest BCUT2D eigenvalue weighted by atomic mass is 9.99. The third-order valence-corrected chi connectivity index (χ3v) is 6.21. The van der Waals surface area contributed by atoms with E-state index < -0.39 is 6.67 Å². The first-order valence-electron chi connectivity index (χ1n) is 11.4. The SMILES string of the molecule is Cc1cc(CN)cc(C)c1CNC(=O)c1cn(Cc2ccnc(N3CCCC3)c2)nc1CF. The Balaban J connectivity index is 1.47. The fourth-order valence-electron chi connectivity index (χ4n) is 4.44. The van der Waals surface area contributed by atoms with Crippen LogP contribution in [-0.2, 0) is 26.3 Å². The molecule has 0 unspecified atom stereocenters. The average molecular weight is 451 g/mol. The van der Waals surface area contributed by atoms with E-state index in [1.54, 1.807) is 17.1 Å². The molecule has 0 bridgehead atoms. The summed E-state index contributed by atoms with van der Waals surface area (Å²) in [6.07, 6.45) is 5.77. The molecule has 0 spiro atoms. The highest BCUT2D eigenvalue weighted by Gasteiger charge is 2.18. The quantitative estimate of drug-likeness (QED) is 0.549. The van der Waals surface area contributed by atoms with Crippen molar-refractivity contribution in [3.63, 3.8) is 0 Å². The van der Waals surface area contributed by atoms with Gasteiger partial charge in [0.05, 0.1) is 12.1 Å². The van der Waals surface area contributed by atoms with E-state index in [2.05, 4.69) is 20.3 Å². The van der Waals surface area contributed by atoms with Crippen LogP contribution in [0.2, 0.25) is 0 Å². The van der Waals surface area contributed by atoms with Gasteiger partial charge in [-0.1, -0.05) is 12.1 Å². The molecular weight excluding hydrogens is 419 g/mol. The molecule has 3 N–H and O–H groups in total. The highest BCUT2D eigenvalue weighted by atomic mass is 19.1. The number of amides is 1. The van der Waals surface area contributed by atoms with Gasteiger partial charge in [0.25, 0.3) is 5.91 Å². The first kappa shape index (κ1) is 22.9. The summed E-state index contributed by atoms with van der Waals surface area (Å²) in [4.78, 5) is 19.6. The molecular formula is C25H31FN6O. The van der Waals surface area contributed by atoms with Gasteiger partial charge >= 0.3 is 0 Å². The van der Waals surface area contributed by atoms with Gasteiger partial charge < -0.3 is 16.0 Å². The number of carbonyl (C=O) groups excluding carboxylic acids is 1. The summed E-state index contributed by atoms with van der Waals surface area (Å²) >= 11 is 0. The maximum Gasteiger partial charge on any atom is 0.255 e. The van der Waals surface area contributed by atoms with Gasteiger partial charge in [-0.25, -0.2) is 9.37 Å². The second kappa shape index (κ2) is 10.1. The van der Waals surface area contributed by atoms with Crippen LogP contribution in [0.25, 0.3) is 0 Å². The molecule has 4 rings (SSSR count). The van der Waals surface area contributed by atoms with E-state index in [9.17, 15) is 9.18 Å². The maximum absolute atomic E-state index is 13.7. The van der Waals surface area contributed by atoms with E-state index in [1.807, 2.05) is 38.1 Å². The number of hydrogen-bond donors (Lipinski definition) is 2. The molecule has 1 fully saturated rings. The molecule has 8 heteroatoms. The Hall–Kier alpha value is -3.26. The number of rotatable bonds is 8. The Morgan fingerprint density at radius 2 is 1.88 bits per heavy atom. The lowest BCUT2D eigenvalue weighted by molar-refractivity contribution is 0.0949. The second-order valence-corrected chi connectivity index (χ2v) is 8.63. The van der Waals surface area contributed by atoms with E-state index in [4.69, 9.17) is 5.73 Å². The van der Waals surface area contributed by atoms with Crippen molar-refractivity contribution in [3.8, 4) is 0 Å². The fraction of sp³-hybridized carbons (Fsp3) is 0.400. The van der Waals surface area contributed by atoms with Gasteiger partial charge in [0.1, 0.15) is 18.2 Å². The molecule has 1 aromatic carbocycles. The number of aryl methyl sites for hydroxylation is 2. The molecule has 0 saturated carbocycles. The second-order valence-electron chi connectivity index (χ2n) is 8.63. The summed E-state index contributed by atoms with van der Waals surface area (Å²) in [7, 11) is 0. The Kier molecular flexibility index (Phi) is 7.03. The number of aromatic nitrogens is 3. The molecule has 33 heavy (non-hydrogen) atoms. The van der Waals surface area contributed by atoms with Crippen LogP contribution in [0.1, 0.15) is 56.7 Å². The van der Waals surface area contributed by atoms with Crippen LogP contribution in [0.3, 0.4) is 0 Å². The van der Waals surface area contributed by atoms with Crippen molar-refractivity contribution in [1.82, 2.24) is 20.1 Å². The normalized spacial score (nSPS) is 13.5. The Bertz CT molecular complexity index is 1110.